The zero-order valence-electron chi connectivity index (χ0n) is 10.2. The Kier molecular flexibility index (Phi) is 4.16. The molecule has 1 saturated carbocycles. The minimum absolute atomic E-state index is 0.715. The van der Waals surface area contributed by atoms with Gasteiger partial charge >= 0.3 is 0 Å². The van der Waals surface area contributed by atoms with Gasteiger partial charge < -0.3 is 5.32 Å². The Hall–Kier alpha value is -0.630. The van der Waals surface area contributed by atoms with Gasteiger partial charge in [0.15, 0.2) is 0 Å². The van der Waals surface area contributed by atoms with Gasteiger partial charge in [0.05, 0.1) is 0 Å². The summed E-state index contributed by atoms with van der Waals surface area (Å²) >= 11 is 2.00. The standard InChI is InChI=1S/C14H21NS/c1-11(2)16-10-13-5-7-14(8-6-13)15-9-12-3-4-12/h5-8,11-12,15H,3-4,9-10H2,1-2H3. The molecule has 88 valence electrons. The maximum Gasteiger partial charge on any atom is 0.0340 e. The van der Waals surface area contributed by atoms with E-state index < -0.39 is 0 Å². The maximum absolute atomic E-state index is 3.49. The lowest BCUT2D eigenvalue weighted by molar-refractivity contribution is 0.889. The Morgan fingerprint density at radius 2 is 1.94 bits per heavy atom. The topological polar surface area (TPSA) is 12.0 Å². The van der Waals surface area contributed by atoms with Crippen LogP contribution in [-0.4, -0.2) is 11.8 Å². The van der Waals surface area contributed by atoms with Crippen molar-refractivity contribution in [3.05, 3.63) is 29.8 Å². The fourth-order valence-electron chi connectivity index (χ4n) is 1.57. The van der Waals surface area contributed by atoms with E-state index in [0.29, 0.717) is 5.25 Å². The van der Waals surface area contributed by atoms with Gasteiger partial charge in [-0.2, -0.15) is 11.8 Å². The minimum Gasteiger partial charge on any atom is -0.385 e. The third kappa shape index (κ3) is 4.09. The molecule has 1 fully saturated rings. The number of hydrogen-bond donors (Lipinski definition) is 1. The van der Waals surface area contributed by atoms with Crippen LogP contribution in [0.1, 0.15) is 32.3 Å². The Morgan fingerprint density at radius 3 is 2.50 bits per heavy atom. The number of nitrogens with one attached hydrogen (secondary N) is 1. The van der Waals surface area contributed by atoms with Crippen LogP contribution in [0, 0.1) is 5.92 Å². The van der Waals surface area contributed by atoms with Crippen molar-refractivity contribution in [2.24, 2.45) is 5.92 Å². The zero-order chi connectivity index (χ0) is 11.4. The number of benzene rings is 1. The maximum atomic E-state index is 3.49. The first-order chi connectivity index (χ1) is 7.74. The van der Waals surface area contributed by atoms with E-state index in [4.69, 9.17) is 0 Å². The Labute approximate surface area is 103 Å². The highest BCUT2D eigenvalue weighted by atomic mass is 32.2. The van der Waals surface area contributed by atoms with Gasteiger partial charge in [0, 0.05) is 18.0 Å². The molecular weight excluding hydrogens is 214 g/mol. The lowest BCUT2D eigenvalue weighted by Crippen LogP contribution is -2.02. The number of anilines is 1. The van der Waals surface area contributed by atoms with Crippen LogP contribution in [0.3, 0.4) is 0 Å². The molecule has 0 aliphatic heterocycles. The first kappa shape index (κ1) is 11.8. The van der Waals surface area contributed by atoms with Gasteiger partial charge in [-0.25, -0.2) is 0 Å². The highest BCUT2D eigenvalue weighted by Crippen LogP contribution is 2.29. The predicted molar refractivity (Wildman–Crippen MR) is 74.1 cm³/mol. The van der Waals surface area contributed by atoms with Crippen LogP contribution in [0.25, 0.3) is 0 Å². The van der Waals surface area contributed by atoms with Crippen molar-refractivity contribution in [2.75, 3.05) is 11.9 Å². The second kappa shape index (κ2) is 5.62. The average Bonchev–Trinajstić information content (AvgIpc) is 3.09. The van der Waals surface area contributed by atoms with Crippen molar-refractivity contribution in [3.63, 3.8) is 0 Å². The second-order valence-corrected chi connectivity index (χ2v) is 6.45. The molecule has 2 rings (SSSR count). The number of hydrogen-bond acceptors (Lipinski definition) is 2. The third-order valence-electron chi connectivity index (χ3n) is 2.83. The monoisotopic (exact) mass is 235 g/mol. The molecule has 0 saturated heterocycles. The molecule has 0 atom stereocenters. The molecule has 2 heteroatoms. The van der Waals surface area contributed by atoms with Crippen molar-refractivity contribution in [1.82, 2.24) is 0 Å². The summed E-state index contributed by atoms with van der Waals surface area (Å²) in [6, 6.07) is 8.90. The largest absolute Gasteiger partial charge is 0.385 e. The molecular formula is C14H21NS. The van der Waals surface area contributed by atoms with Crippen molar-refractivity contribution in [1.29, 1.82) is 0 Å². The van der Waals surface area contributed by atoms with E-state index in [1.165, 1.54) is 24.1 Å². The normalized spacial score (nSPS) is 15.4. The van der Waals surface area contributed by atoms with Crippen LogP contribution in [0.5, 0.6) is 0 Å². The van der Waals surface area contributed by atoms with Crippen molar-refractivity contribution < 1.29 is 0 Å². The van der Waals surface area contributed by atoms with Gasteiger partial charge in [-0.05, 0) is 41.7 Å². The smallest absolute Gasteiger partial charge is 0.0340 e. The van der Waals surface area contributed by atoms with E-state index in [1.807, 2.05) is 11.8 Å². The number of rotatable bonds is 6. The molecule has 1 nitrogen and oxygen atoms in total. The fraction of sp³-hybridized carbons (Fsp3) is 0.571. The molecule has 1 aromatic rings. The van der Waals surface area contributed by atoms with Gasteiger partial charge in [-0.1, -0.05) is 26.0 Å². The van der Waals surface area contributed by atoms with Crippen LogP contribution in [0.4, 0.5) is 5.69 Å². The first-order valence-electron chi connectivity index (χ1n) is 6.18. The van der Waals surface area contributed by atoms with E-state index in [2.05, 4.69) is 43.4 Å². The molecule has 1 aliphatic rings. The van der Waals surface area contributed by atoms with E-state index in [9.17, 15) is 0 Å². The number of thioether (sulfide) groups is 1. The predicted octanol–water partition coefficient (Wildman–Crippen LogP) is 4.15. The molecule has 16 heavy (non-hydrogen) atoms. The summed E-state index contributed by atoms with van der Waals surface area (Å²) in [5.74, 6) is 2.07. The molecule has 0 unspecified atom stereocenters. The van der Waals surface area contributed by atoms with E-state index in [-0.39, 0.29) is 0 Å². The van der Waals surface area contributed by atoms with Crippen LogP contribution in [0.2, 0.25) is 0 Å². The quantitative estimate of drug-likeness (QED) is 0.795. The van der Waals surface area contributed by atoms with E-state index in [0.717, 1.165) is 18.2 Å². The van der Waals surface area contributed by atoms with Crippen molar-refractivity contribution in [3.8, 4) is 0 Å². The van der Waals surface area contributed by atoms with Gasteiger partial charge in [0.1, 0.15) is 0 Å². The molecule has 0 spiro atoms. The first-order valence-corrected chi connectivity index (χ1v) is 7.23. The highest BCUT2D eigenvalue weighted by molar-refractivity contribution is 7.99. The van der Waals surface area contributed by atoms with Gasteiger partial charge in [0.25, 0.3) is 0 Å². The molecule has 1 aromatic carbocycles. The average molecular weight is 235 g/mol. The third-order valence-corrected chi connectivity index (χ3v) is 4.00. The fourth-order valence-corrected chi connectivity index (χ4v) is 2.28. The molecule has 1 N–H and O–H groups in total. The van der Waals surface area contributed by atoms with Crippen molar-refractivity contribution >= 4 is 17.4 Å². The highest BCUT2D eigenvalue weighted by Gasteiger charge is 2.20. The molecule has 1 aliphatic carbocycles. The summed E-state index contributed by atoms with van der Waals surface area (Å²) in [5, 5.41) is 4.21. The van der Waals surface area contributed by atoms with Gasteiger partial charge in [-0.3, -0.25) is 0 Å². The Bertz CT molecular complexity index is 289. The van der Waals surface area contributed by atoms with E-state index >= 15 is 0 Å². The SMILES string of the molecule is CC(C)SCc1ccc(NCC2CC2)cc1. The molecule has 0 aromatic heterocycles. The van der Waals surface area contributed by atoms with E-state index in [1.54, 1.807) is 0 Å². The zero-order valence-corrected chi connectivity index (χ0v) is 11.0. The van der Waals surface area contributed by atoms with Crippen LogP contribution >= 0.6 is 11.8 Å². The second-order valence-electron chi connectivity index (χ2n) is 4.88. The lowest BCUT2D eigenvalue weighted by Gasteiger charge is -2.08. The summed E-state index contributed by atoms with van der Waals surface area (Å²) in [6.07, 6.45) is 2.83. The Balaban J connectivity index is 1.78. The summed E-state index contributed by atoms with van der Waals surface area (Å²) in [6.45, 7) is 5.65. The molecule has 0 heterocycles. The van der Waals surface area contributed by atoms with Crippen LogP contribution < -0.4 is 5.32 Å². The summed E-state index contributed by atoms with van der Waals surface area (Å²) in [4.78, 5) is 0. The van der Waals surface area contributed by atoms with Crippen LogP contribution in [0.15, 0.2) is 24.3 Å². The summed E-state index contributed by atoms with van der Waals surface area (Å²) in [5.41, 5.74) is 2.70. The van der Waals surface area contributed by atoms with Gasteiger partial charge in [0.2, 0.25) is 0 Å². The minimum atomic E-state index is 0.715. The van der Waals surface area contributed by atoms with Gasteiger partial charge in [-0.15, -0.1) is 0 Å². The molecule has 0 bridgehead atoms. The van der Waals surface area contributed by atoms with Crippen molar-refractivity contribution in [2.45, 2.75) is 37.7 Å². The van der Waals surface area contributed by atoms with Crippen LogP contribution in [-0.2, 0) is 5.75 Å². The molecule has 0 radical (unpaired) electrons. The lowest BCUT2D eigenvalue weighted by atomic mass is 10.2. The Morgan fingerprint density at radius 1 is 1.25 bits per heavy atom. The summed E-state index contributed by atoms with van der Waals surface area (Å²) in [7, 11) is 0. The molecule has 0 amide bonds. The summed E-state index contributed by atoms with van der Waals surface area (Å²) < 4.78 is 0.